The minimum absolute atomic E-state index is 0.158. The van der Waals surface area contributed by atoms with Gasteiger partial charge in [0.25, 0.3) is 5.91 Å². The molecule has 0 aliphatic carbocycles. The maximum absolute atomic E-state index is 11.5. The molecule has 2 rings (SSSR count). The third-order valence-electron chi connectivity index (χ3n) is 2.08. The van der Waals surface area contributed by atoms with Crippen molar-refractivity contribution < 1.29 is 9.90 Å². The van der Waals surface area contributed by atoms with E-state index in [1.807, 2.05) is 0 Å². The largest absolute Gasteiger partial charge is 0.507 e. The van der Waals surface area contributed by atoms with Crippen molar-refractivity contribution >= 4 is 28.9 Å². The first-order chi connectivity index (χ1) is 7.70. The second-order valence-corrected chi connectivity index (χ2v) is 4.18. The van der Waals surface area contributed by atoms with Crippen LogP contribution in [0.2, 0.25) is 0 Å². The summed E-state index contributed by atoms with van der Waals surface area (Å²) in [6.45, 7) is 0. The topological polar surface area (TPSA) is 61.7 Å². The fourth-order valence-corrected chi connectivity index (χ4v) is 2.06. The summed E-state index contributed by atoms with van der Waals surface area (Å²) in [5, 5.41) is 12.8. The number of benzene rings is 1. The zero-order valence-electron chi connectivity index (χ0n) is 8.60. The number of aromatic hydroxyl groups is 1. The summed E-state index contributed by atoms with van der Waals surface area (Å²) >= 11 is 1.26. The molecule has 2 N–H and O–H groups in total. The monoisotopic (exact) mass is 234 g/mol. The number of hydrogen-bond donors (Lipinski definition) is 2. The zero-order chi connectivity index (χ0) is 11.5. The molecule has 1 aliphatic heterocycles. The molecule has 0 bridgehead atoms. The van der Waals surface area contributed by atoms with Crippen LogP contribution in [0.4, 0.5) is 0 Å². The molecule has 82 valence electrons. The fraction of sp³-hybridized carbons (Fsp3) is 0.0909. The molecule has 1 fully saturated rings. The first-order valence-corrected chi connectivity index (χ1v) is 5.48. The number of rotatable bonds is 1. The molecule has 1 saturated heterocycles. The summed E-state index contributed by atoms with van der Waals surface area (Å²) in [5.41, 5.74) is 0.623. The molecule has 0 spiro atoms. The van der Waals surface area contributed by atoms with Gasteiger partial charge in [-0.05, 0) is 23.9 Å². The molecule has 0 saturated carbocycles. The van der Waals surface area contributed by atoms with E-state index in [1.165, 1.54) is 11.8 Å². The highest BCUT2D eigenvalue weighted by molar-refractivity contribution is 8.18. The SMILES string of the molecule is CN=C1NC(=O)/C(=C/c2ccccc2O)S1. The molecule has 0 atom stereocenters. The average Bonchev–Trinajstić information content (AvgIpc) is 2.63. The lowest BCUT2D eigenvalue weighted by molar-refractivity contribution is -0.115. The van der Waals surface area contributed by atoms with Crippen molar-refractivity contribution in [1.82, 2.24) is 5.32 Å². The molecule has 1 aromatic carbocycles. The maximum Gasteiger partial charge on any atom is 0.264 e. The number of phenols is 1. The van der Waals surface area contributed by atoms with Gasteiger partial charge in [-0.2, -0.15) is 0 Å². The molecule has 16 heavy (non-hydrogen) atoms. The lowest BCUT2D eigenvalue weighted by Crippen LogP contribution is -2.19. The third kappa shape index (κ3) is 2.09. The number of amidine groups is 1. The number of para-hydroxylation sites is 1. The second-order valence-electron chi connectivity index (χ2n) is 3.15. The highest BCUT2D eigenvalue weighted by Crippen LogP contribution is 2.28. The van der Waals surface area contributed by atoms with Gasteiger partial charge >= 0.3 is 0 Å². The van der Waals surface area contributed by atoms with Crippen molar-refractivity contribution in [2.45, 2.75) is 0 Å². The van der Waals surface area contributed by atoms with E-state index in [1.54, 1.807) is 37.4 Å². The molecule has 0 aromatic heterocycles. The first-order valence-electron chi connectivity index (χ1n) is 4.66. The number of carbonyl (C=O) groups excluding carboxylic acids is 1. The number of amides is 1. The average molecular weight is 234 g/mol. The summed E-state index contributed by atoms with van der Waals surface area (Å²) in [4.78, 5) is 15.9. The summed E-state index contributed by atoms with van der Waals surface area (Å²) in [5.74, 6) is -0.0286. The molecule has 1 amide bonds. The van der Waals surface area contributed by atoms with Crippen LogP contribution in [0.3, 0.4) is 0 Å². The van der Waals surface area contributed by atoms with Crippen LogP contribution < -0.4 is 5.32 Å². The predicted octanol–water partition coefficient (Wildman–Crippen LogP) is 1.58. The number of nitrogens with one attached hydrogen (secondary N) is 1. The van der Waals surface area contributed by atoms with Gasteiger partial charge < -0.3 is 10.4 Å². The van der Waals surface area contributed by atoms with Gasteiger partial charge in [0, 0.05) is 12.6 Å². The van der Waals surface area contributed by atoms with Gasteiger partial charge in [-0.25, -0.2) is 0 Å². The molecular formula is C11H10N2O2S. The van der Waals surface area contributed by atoms with Crippen LogP contribution in [-0.2, 0) is 4.79 Å². The summed E-state index contributed by atoms with van der Waals surface area (Å²) in [6, 6.07) is 6.87. The number of aliphatic imine (C=N–C) groups is 1. The number of thioether (sulfide) groups is 1. The molecule has 1 aromatic rings. The van der Waals surface area contributed by atoms with Gasteiger partial charge in [0.15, 0.2) is 5.17 Å². The predicted molar refractivity (Wildman–Crippen MR) is 65.2 cm³/mol. The quantitative estimate of drug-likeness (QED) is 0.725. The maximum atomic E-state index is 11.5. The minimum Gasteiger partial charge on any atom is -0.507 e. The molecule has 1 heterocycles. The van der Waals surface area contributed by atoms with Gasteiger partial charge in [0.2, 0.25) is 0 Å². The Labute approximate surface area is 97.1 Å². The first kappa shape index (κ1) is 10.8. The Kier molecular flexibility index (Phi) is 2.96. The number of nitrogens with zero attached hydrogens (tertiary/aromatic N) is 1. The van der Waals surface area contributed by atoms with E-state index < -0.39 is 0 Å². The Hall–Kier alpha value is -1.75. The van der Waals surface area contributed by atoms with Gasteiger partial charge in [-0.3, -0.25) is 9.79 Å². The lowest BCUT2D eigenvalue weighted by atomic mass is 10.2. The standard InChI is InChI=1S/C11H10N2O2S/c1-12-11-13-10(15)9(16-11)6-7-4-2-3-5-8(7)14/h2-6,14H,1H3,(H,12,13,15)/b9-6-. The van der Waals surface area contributed by atoms with Crippen molar-refractivity contribution in [3.63, 3.8) is 0 Å². The Bertz CT molecular complexity index is 495. The van der Waals surface area contributed by atoms with Crippen LogP contribution in [0, 0.1) is 0 Å². The smallest absolute Gasteiger partial charge is 0.264 e. The van der Waals surface area contributed by atoms with Crippen molar-refractivity contribution in [1.29, 1.82) is 0 Å². The zero-order valence-corrected chi connectivity index (χ0v) is 9.41. The molecule has 5 heteroatoms. The van der Waals surface area contributed by atoms with Crippen molar-refractivity contribution in [2.24, 2.45) is 4.99 Å². The van der Waals surface area contributed by atoms with Gasteiger partial charge in [0.1, 0.15) is 5.75 Å². The van der Waals surface area contributed by atoms with Crippen molar-refractivity contribution in [3.05, 3.63) is 34.7 Å². The lowest BCUT2D eigenvalue weighted by Gasteiger charge is -1.97. The Morgan fingerprint density at radius 2 is 2.19 bits per heavy atom. The highest BCUT2D eigenvalue weighted by Gasteiger charge is 2.23. The fourth-order valence-electron chi connectivity index (χ4n) is 1.28. The molecule has 0 unspecified atom stereocenters. The van der Waals surface area contributed by atoms with Gasteiger partial charge in [0.05, 0.1) is 4.91 Å². The van der Waals surface area contributed by atoms with E-state index >= 15 is 0 Å². The molecular weight excluding hydrogens is 224 g/mol. The summed E-state index contributed by atoms with van der Waals surface area (Å²) in [6.07, 6.45) is 1.65. The Balaban J connectivity index is 2.33. The third-order valence-corrected chi connectivity index (χ3v) is 3.08. The van der Waals surface area contributed by atoms with E-state index in [-0.39, 0.29) is 11.7 Å². The highest BCUT2D eigenvalue weighted by atomic mass is 32.2. The molecule has 4 nitrogen and oxygen atoms in total. The number of phenolic OH excluding ortho intramolecular Hbond substituents is 1. The van der Waals surface area contributed by atoms with E-state index in [0.717, 1.165) is 0 Å². The number of carbonyl (C=O) groups is 1. The molecule has 1 aliphatic rings. The molecule has 0 radical (unpaired) electrons. The van der Waals surface area contributed by atoms with E-state index in [2.05, 4.69) is 10.3 Å². The van der Waals surface area contributed by atoms with Crippen molar-refractivity contribution in [3.8, 4) is 5.75 Å². The van der Waals surface area contributed by atoms with Gasteiger partial charge in [-0.1, -0.05) is 18.2 Å². The van der Waals surface area contributed by atoms with E-state index in [4.69, 9.17) is 0 Å². The van der Waals surface area contributed by atoms with Crippen LogP contribution in [0.25, 0.3) is 6.08 Å². The van der Waals surface area contributed by atoms with Crippen LogP contribution in [0.5, 0.6) is 5.75 Å². The normalized spacial score (nSPS) is 20.4. The van der Waals surface area contributed by atoms with E-state index in [0.29, 0.717) is 15.6 Å². The van der Waals surface area contributed by atoms with Gasteiger partial charge in [-0.15, -0.1) is 0 Å². The second kappa shape index (κ2) is 4.40. The van der Waals surface area contributed by atoms with Crippen LogP contribution in [0.1, 0.15) is 5.56 Å². The van der Waals surface area contributed by atoms with Crippen molar-refractivity contribution in [2.75, 3.05) is 7.05 Å². The summed E-state index contributed by atoms with van der Waals surface area (Å²) in [7, 11) is 1.62. The van der Waals surface area contributed by atoms with Crippen LogP contribution in [-0.4, -0.2) is 23.2 Å². The van der Waals surface area contributed by atoms with Crippen LogP contribution >= 0.6 is 11.8 Å². The van der Waals surface area contributed by atoms with Crippen LogP contribution in [0.15, 0.2) is 34.2 Å². The Morgan fingerprint density at radius 3 is 2.81 bits per heavy atom. The Morgan fingerprint density at radius 1 is 1.44 bits per heavy atom. The van der Waals surface area contributed by atoms with E-state index in [9.17, 15) is 9.90 Å². The minimum atomic E-state index is -0.186. The summed E-state index contributed by atoms with van der Waals surface area (Å²) < 4.78 is 0. The number of hydrogen-bond acceptors (Lipinski definition) is 4.